The topological polar surface area (TPSA) is 56.1 Å². The number of fused-ring (bicyclic) bond motifs is 1. The van der Waals surface area contributed by atoms with Gasteiger partial charge in [0.05, 0.1) is 17.4 Å². The van der Waals surface area contributed by atoms with Crippen LogP contribution in [0.4, 0.5) is 11.4 Å². The molecule has 0 aliphatic carbocycles. The summed E-state index contributed by atoms with van der Waals surface area (Å²) in [5.41, 5.74) is 9.92. The predicted molar refractivity (Wildman–Crippen MR) is 68.2 cm³/mol. The minimum Gasteiger partial charge on any atom is -0.323 e. The van der Waals surface area contributed by atoms with E-state index in [1.165, 1.54) is 0 Å². The molecule has 1 aromatic rings. The van der Waals surface area contributed by atoms with E-state index in [-0.39, 0.29) is 11.9 Å². The number of benzene rings is 1. The van der Waals surface area contributed by atoms with Crippen molar-refractivity contribution in [3.8, 4) is 0 Å². The molecule has 1 aliphatic heterocycles. The number of likely N-dealkylation sites (N-methyl/N-ethyl adjacent to an activating group) is 1. The molecule has 2 rings (SSSR count). The molecule has 0 aromatic heterocycles. The predicted octanol–water partition coefficient (Wildman–Crippen LogP) is 1.81. The molecule has 0 bridgehead atoms. The molecule has 1 heterocycles. The number of hydrogen-bond acceptors (Lipinski definition) is 2. The molecule has 1 aromatic carbocycles. The first-order valence-corrected chi connectivity index (χ1v) is 6.05. The molecule has 0 spiro atoms. The summed E-state index contributed by atoms with van der Waals surface area (Å²) in [6, 6.07) is 5.47. The van der Waals surface area contributed by atoms with Crippen molar-refractivity contribution < 1.29 is 4.79 Å². The van der Waals surface area contributed by atoms with E-state index in [0.717, 1.165) is 18.7 Å². The van der Waals surface area contributed by atoms with Crippen LogP contribution in [0.15, 0.2) is 18.2 Å². The van der Waals surface area contributed by atoms with Gasteiger partial charge in [-0.15, -0.1) is 0 Å². The van der Waals surface area contributed by atoms with Crippen LogP contribution < -0.4 is 11.1 Å². The van der Waals surface area contributed by atoms with Crippen LogP contribution in [0, 0.1) is 0 Å². The van der Waals surface area contributed by atoms with E-state index < -0.39 is 0 Å². The maximum absolute atomic E-state index is 12.0. The number of carbonyl (C=O) groups excluding carboxylic acids is 1. The molecular formula is C13H18N3O. The molecule has 1 amide bonds. The lowest BCUT2D eigenvalue weighted by molar-refractivity contribution is -0.121. The molecule has 0 fully saturated rings. The molecule has 1 radical (unpaired) electrons. The van der Waals surface area contributed by atoms with Gasteiger partial charge in [-0.25, -0.2) is 0 Å². The quantitative estimate of drug-likeness (QED) is 0.864. The SMILES string of the molecule is CCN(CC)C1Cc2cccc([NH])c2NC1=O. The van der Waals surface area contributed by atoms with Crippen LogP contribution in [-0.2, 0) is 11.2 Å². The van der Waals surface area contributed by atoms with Gasteiger partial charge in [0.1, 0.15) is 0 Å². The van der Waals surface area contributed by atoms with E-state index >= 15 is 0 Å². The Morgan fingerprint density at radius 1 is 1.41 bits per heavy atom. The summed E-state index contributed by atoms with van der Waals surface area (Å²) < 4.78 is 0. The maximum atomic E-state index is 12.0. The largest absolute Gasteiger partial charge is 0.323 e. The Balaban J connectivity index is 2.30. The van der Waals surface area contributed by atoms with Crippen molar-refractivity contribution in [3.05, 3.63) is 23.8 Å². The molecule has 1 aliphatic rings. The molecular weight excluding hydrogens is 214 g/mol. The van der Waals surface area contributed by atoms with Crippen molar-refractivity contribution in [3.63, 3.8) is 0 Å². The van der Waals surface area contributed by atoms with Crippen molar-refractivity contribution >= 4 is 17.3 Å². The van der Waals surface area contributed by atoms with Gasteiger partial charge in [-0.3, -0.25) is 15.4 Å². The van der Waals surface area contributed by atoms with Crippen LogP contribution in [-0.4, -0.2) is 29.9 Å². The fourth-order valence-electron chi connectivity index (χ4n) is 2.38. The summed E-state index contributed by atoms with van der Waals surface area (Å²) in [6.45, 7) is 5.86. The first-order chi connectivity index (χ1) is 8.17. The minimum atomic E-state index is -0.0979. The number of rotatable bonds is 3. The van der Waals surface area contributed by atoms with E-state index in [9.17, 15) is 4.79 Å². The first kappa shape index (κ1) is 11.9. The molecule has 0 saturated heterocycles. The second kappa shape index (κ2) is 4.75. The molecule has 4 nitrogen and oxygen atoms in total. The average Bonchev–Trinajstić information content (AvgIpc) is 2.33. The van der Waals surface area contributed by atoms with Gasteiger partial charge in [-0.1, -0.05) is 26.0 Å². The van der Waals surface area contributed by atoms with Crippen molar-refractivity contribution in [1.82, 2.24) is 10.6 Å². The lowest BCUT2D eigenvalue weighted by Crippen LogP contribution is -2.47. The number of nitrogens with zero attached hydrogens (tertiary/aromatic N) is 1. The zero-order valence-electron chi connectivity index (χ0n) is 10.3. The van der Waals surface area contributed by atoms with Crippen LogP contribution in [0.5, 0.6) is 0 Å². The van der Waals surface area contributed by atoms with Crippen LogP contribution in [0.3, 0.4) is 0 Å². The van der Waals surface area contributed by atoms with Gasteiger partial charge in [0.2, 0.25) is 5.91 Å². The third-order valence-corrected chi connectivity index (χ3v) is 3.37. The molecule has 1 atom stereocenters. The summed E-state index contributed by atoms with van der Waals surface area (Å²) in [5, 5.41) is 2.86. The summed E-state index contributed by atoms with van der Waals surface area (Å²) in [5.74, 6) is 0.0147. The summed E-state index contributed by atoms with van der Waals surface area (Å²) >= 11 is 0. The Morgan fingerprint density at radius 3 is 2.76 bits per heavy atom. The van der Waals surface area contributed by atoms with Crippen LogP contribution in [0.1, 0.15) is 19.4 Å². The Hall–Kier alpha value is -1.55. The Labute approximate surface area is 102 Å². The van der Waals surface area contributed by atoms with E-state index in [0.29, 0.717) is 17.8 Å². The average molecular weight is 232 g/mol. The van der Waals surface area contributed by atoms with Gasteiger partial charge in [0.25, 0.3) is 0 Å². The first-order valence-electron chi connectivity index (χ1n) is 6.05. The van der Waals surface area contributed by atoms with E-state index in [4.69, 9.17) is 5.73 Å². The molecule has 2 N–H and O–H groups in total. The van der Waals surface area contributed by atoms with E-state index in [1.807, 2.05) is 12.1 Å². The molecule has 1 unspecified atom stereocenters. The standard InChI is InChI=1S/C13H18N3O/c1-3-16(4-2)11-8-9-6-5-7-10(14)12(9)15-13(11)17/h5-7,11,14H,3-4,8H2,1-2H3,(H,15,17). The van der Waals surface area contributed by atoms with Gasteiger partial charge in [-0.2, -0.15) is 0 Å². The van der Waals surface area contributed by atoms with Crippen LogP contribution >= 0.6 is 0 Å². The van der Waals surface area contributed by atoms with Gasteiger partial charge in [-0.05, 0) is 31.1 Å². The third-order valence-electron chi connectivity index (χ3n) is 3.37. The highest BCUT2D eigenvalue weighted by Gasteiger charge is 2.30. The van der Waals surface area contributed by atoms with Crippen molar-refractivity contribution in [2.24, 2.45) is 0 Å². The summed E-state index contributed by atoms with van der Waals surface area (Å²) in [7, 11) is 0. The maximum Gasteiger partial charge on any atom is 0.242 e. The summed E-state index contributed by atoms with van der Waals surface area (Å²) in [6.07, 6.45) is 0.704. The van der Waals surface area contributed by atoms with Crippen molar-refractivity contribution in [2.75, 3.05) is 18.4 Å². The number of anilines is 1. The van der Waals surface area contributed by atoms with Crippen molar-refractivity contribution in [1.29, 1.82) is 0 Å². The zero-order chi connectivity index (χ0) is 12.4. The highest BCUT2D eigenvalue weighted by atomic mass is 16.2. The fourth-order valence-corrected chi connectivity index (χ4v) is 2.38. The number of carbonyl (C=O) groups is 1. The molecule has 4 heteroatoms. The number of nitrogens with one attached hydrogen (secondary N) is 2. The molecule has 0 saturated carbocycles. The number of para-hydroxylation sites is 1. The monoisotopic (exact) mass is 232 g/mol. The Morgan fingerprint density at radius 2 is 2.12 bits per heavy atom. The fraction of sp³-hybridized carbons (Fsp3) is 0.462. The smallest absolute Gasteiger partial charge is 0.242 e. The Kier molecular flexibility index (Phi) is 3.33. The molecule has 91 valence electrons. The summed E-state index contributed by atoms with van der Waals surface area (Å²) in [4.78, 5) is 14.2. The van der Waals surface area contributed by atoms with Crippen LogP contribution in [0.2, 0.25) is 0 Å². The van der Waals surface area contributed by atoms with Gasteiger partial charge < -0.3 is 5.32 Å². The minimum absolute atomic E-state index is 0.0147. The van der Waals surface area contributed by atoms with Gasteiger partial charge in [0.15, 0.2) is 0 Å². The van der Waals surface area contributed by atoms with Crippen LogP contribution in [0.25, 0.3) is 0 Å². The van der Waals surface area contributed by atoms with Gasteiger partial charge in [0, 0.05) is 0 Å². The van der Waals surface area contributed by atoms with E-state index in [2.05, 4.69) is 24.1 Å². The Bertz CT molecular complexity index is 427. The zero-order valence-corrected chi connectivity index (χ0v) is 10.3. The normalized spacial score (nSPS) is 19.0. The highest BCUT2D eigenvalue weighted by molar-refractivity contribution is 6.00. The van der Waals surface area contributed by atoms with Crippen molar-refractivity contribution in [2.45, 2.75) is 26.3 Å². The number of amides is 1. The highest BCUT2D eigenvalue weighted by Crippen LogP contribution is 2.30. The number of hydrogen-bond donors (Lipinski definition) is 1. The second-order valence-corrected chi connectivity index (χ2v) is 4.27. The second-order valence-electron chi connectivity index (χ2n) is 4.27. The molecule has 17 heavy (non-hydrogen) atoms. The van der Waals surface area contributed by atoms with Gasteiger partial charge >= 0.3 is 0 Å². The lowest BCUT2D eigenvalue weighted by Gasteiger charge is -2.33. The lowest BCUT2D eigenvalue weighted by atomic mass is 9.97. The third kappa shape index (κ3) is 2.13. The van der Waals surface area contributed by atoms with E-state index in [1.54, 1.807) is 6.07 Å².